The standard InChI is InChI=1S/C16H28N6O4S/c17-22-19-6-8-26-10-9-25-7-5-18-14(23)4-2-1-3-13-15-12(11-27-13)20-16(24)21-15/h12-13,15H,1-11H2,(H,18,23)(H2,20,21,24)/t12-,13-,15-/m0/s1. The topological polar surface area (TPSA) is 137 Å². The molecule has 152 valence electrons. The summed E-state index contributed by atoms with van der Waals surface area (Å²) in [6, 6.07) is 0.431. The second-order valence-electron chi connectivity index (χ2n) is 6.40. The Hall–Kier alpha value is -1.68. The third-order valence-electron chi connectivity index (χ3n) is 4.42. The van der Waals surface area contributed by atoms with Gasteiger partial charge in [0.25, 0.3) is 0 Å². The zero-order valence-electron chi connectivity index (χ0n) is 15.4. The zero-order chi connectivity index (χ0) is 19.3. The Balaban J connectivity index is 1.38. The minimum absolute atomic E-state index is 0.0389. The highest BCUT2D eigenvalue weighted by molar-refractivity contribution is 8.00. The monoisotopic (exact) mass is 400 g/mol. The fourth-order valence-corrected chi connectivity index (χ4v) is 4.64. The van der Waals surface area contributed by atoms with Crippen molar-refractivity contribution in [3.8, 4) is 0 Å². The molecular formula is C16H28N6O4S. The maximum absolute atomic E-state index is 11.8. The molecule has 0 spiro atoms. The normalized spacial score (nSPS) is 23.3. The first kappa shape index (κ1) is 21.6. The van der Waals surface area contributed by atoms with Crippen LogP contribution in [0.5, 0.6) is 0 Å². The molecule has 2 saturated heterocycles. The van der Waals surface area contributed by atoms with Crippen molar-refractivity contribution in [1.29, 1.82) is 0 Å². The molecule has 2 heterocycles. The summed E-state index contributed by atoms with van der Waals surface area (Å²) >= 11 is 1.90. The smallest absolute Gasteiger partial charge is 0.315 e. The molecule has 0 aliphatic carbocycles. The van der Waals surface area contributed by atoms with Crippen LogP contribution in [-0.4, -0.2) is 74.5 Å². The minimum atomic E-state index is -0.0587. The fraction of sp³-hybridized carbons (Fsp3) is 0.875. The molecule has 3 N–H and O–H groups in total. The van der Waals surface area contributed by atoms with Gasteiger partial charge in [-0.3, -0.25) is 4.79 Å². The number of carbonyl (C=O) groups excluding carboxylic acids is 2. The number of ether oxygens (including phenoxy) is 2. The molecule has 0 aromatic heterocycles. The van der Waals surface area contributed by atoms with E-state index in [-0.39, 0.29) is 24.0 Å². The van der Waals surface area contributed by atoms with Gasteiger partial charge in [-0.2, -0.15) is 11.8 Å². The average Bonchev–Trinajstić information content (AvgIpc) is 3.20. The first-order valence-corrected chi connectivity index (χ1v) is 10.4. The molecule has 0 aromatic carbocycles. The van der Waals surface area contributed by atoms with Crippen LogP contribution < -0.4 is 16.0 Å². The number of thioether (sulfide) groups is 1. The van der Waals surface area contributed by atoms with E-state index in [1.165, 1.54) is 0 Å². The number of carbonyl (C=O) groups is 2. The molecule has 3 atom stereocenters. The predicted molar refractivity (Wildman–Crippen MR) is 103 cm³/mol. The SMILES string of the molecule is [N-]=[N+]=NCCOCCOCCNC(=O)CCCC[C@@H]1SC[C@@H]2NC(=O)N[C@@H]21. The van der Waals surface area contributed by atoms with Crippen LogP contribution in [0.1, 0.15) is 25.7 Å². The number of rotatable bonds is 14. The maximum Gasteiger partial charge on any atom is 0.315 e. The van der Waals surface area contributed by atoms with Gasteiger partial charge in [0.1, 0.15) is 0 Å². The Morgan fingerprint density at radius 1 is 1.26 bits per heavy atom. The molecule has 2 aliphatic rings. The summed E-state index contributed by atoms with van der Waals surface area (Å²) in [6.07, 6.45) is 3.36. The van der Waals surface area contributed by atoms with Gasteiger partial charge in [0.15, 0.2) is 0 Å². The van der Waals surface area contributed by atoms with Gasteiger partial charge in [0.05, 0.1) is 38.5 Å². The van der Waals surface area contributed by atoms with Crippen LogP contribution in [0.3, 0.4) is 0 Å². The molecule has 10 nitrogen and oxygen atoms in total. The summed E-state index contributed by atoms with van der Waals surface area (Å²) in [4.78, 5) is 25.8. The van der Waals surface area contributed by atoms with Gasteiger partial charge < -0.3 is 25.4 Å². The third kappa shape index (κ3) is 8.25. The van der Waals surface area contributed by atoms with E-state index in [0.717, 1.165) is 25.0 Å². The number of urea groups is 1. The lowest BCUT2D eigenvalue weighted by Gasteiger charge is -2.16. The van der Waals surface area contributed by atoms with E-state index in [2.05, 4.69) is 26.0 Å². The third-order valence-corrected chi connectivity index (χ3v) is 5.93. The van der Waals surface area contributed by atoms with Crippen LogP contribution in [0.2, 0.25) is 0 Å². The Labute approximate surface area is 163 Å². The summed E-state index contributed by atoms with van der Waals surface area (Å²) in [5.74, 6) is 1.00. The molecule has 3 amide bonds. The summed E-state index contributed by atoms with van der Waals surface area (Å²) in [5, 5.41) is 12.6. The highest BCUT2D eigenvalue weighted by atomic mass is 32.2. The number of amides is 3. The van der Waals surface area contributed by atoms with E-state index >= 15 is 0 Å². The molecular weight excluding hydrogens is 372 g/mol. The molecule has 0 bridgehead atoms. The van der Waals surface area contributed by atoms with Gasteiger partial charge in [-0.1, -0.05) is 11.5 Å². The van der Waals surface area contributed by atoms with Gasteiger partial charge in [0, 0.05) is 35.4 Å². The lowest BCUT2D eigenvalue weighted by molar-refractivity contribution is -0.121. The van der Waals surface area contributed by atoms with E-state index in [0.29, 0.717) is 51.2 Å². The van der Waals surface area contributed by atoms with Crippen LogP contribution in [-0.2, 0) is 14.3 Å². The number of nitrogens with zero attached hydrogens (tertiary/aromatic N) is 3. The van der Waals surface area contributed by atoms with Crippen LogP contribution >= 0.6 is 11.8 Å². The van der Waals surface area contributed by atoms with Gasteiger partial charge in [-0.15, -0.1) is 0 Å². The average molecular weight is 401 g/mol. The largest absolute Gasteiger partial charge is 0.379 e. The molecule has 0 saturated carbocycles. The minimum Gasteiger partial charge on any atom is -0.379 e. The van der Waals surface area contributed by atoms with Gasteiger partial charge in [0.2, 0.25) is 5.91 Å². The first-order chi connectivity index (χ1) is 13.2. The number of fused-ring (bicyclic) bond motifs is 1. The van der Waals surface area contributed by atoms with Gasteiger partial charge in [-0.05, 0) is 18.4 Å². The first-order valence-electron chi connectivity index (χ1n) is 9.32. The van der Waals surface area contributed by atoms with Crippen molar-refractivity contribution in [1.82, 2.24) is 16.0 Å². The quantitative estimate of drug-likeness (QED) is 0.132. The zero-order valence-corrected chi connectivity index (χ0v) is 16.2. The van der Waals surface area contributed by atoms with Crippen LogP contribution in [0.15, 0.2) is 5.11 Å². The van der Waals surface area contributed by atoms with E-state index in [1.807, 2.05) is 11.8 Å². The van der Waals surface area contributed by atoms with Crippen molar-refractivity contribution in [2.45, 2.75) is 43.0 Å². The maximum atomic E-state index is 11.8. The molecule has 0 unspecified atom stereocenters. The van der Waals surface area contributed by atoms with Crippen molar-refractivity contribution in [3.63, 3.8) is 0 Å². The Morgan fingerprint density at radius 3 is 2.89 bits per heavy atom. The van der Waals surface area contributed by atoms with Crippen molar-refractivity contribution in [2.75, 3.05) is 45.3 Å². The number of nitrogens with one attached hydrogen (secondary N) is 3. The van der Waals surface area contributed by atoms with E-state index in [9.17, 15) is 9.59 Å². The predicted octanol–water partition coefficient (Wildman–Crippen LogP) is 1.17. The van der Waals surface area contributed by atoms with Crippen LogP contribution in [0.4, 0.5) is 4.79 Å². The van der Waals surface area contributed by atoms with E-state index in [4.69, 9.17) is 15.0 Å². The number of azide groups is 1. The lowest BCUT2D eigenvalue weighted by Crippen LogP contribution is -2.36. The van der Waals surface area contributed by atoms with Gasteiger partial charge >= 0.3 is 6.03 Å². The molecule has 2 fully saturated rings. The molecule has 0 aromatic rings. The molecule has 2 rings (SSSR count). The van der Waals surface area contributed by atoms with Crippen molar-refractivity contribution < 1.29 is 19.1 Å². The summed E-state index contributed by atoms with van der Waals surface area (Å²) in [7, 11) is 0. The van der Waals surface area contributed by atoms with Crippen molar-refractivity contribution in [3.05, 3.63) is 10.4 Å². The van der Waals surface area contributed by atoms with E-state index in [1.54, 1.807) is 0 Å². The Bertz CT molecular complexity index is 531. The lowest BCUT2D eigenvalue weighted by atomic mass is 10.0. The van der Waals surface area contributed by atoms with Crippen LogP contribution in [0, 0.1) is 0 Å². The highest BCUT2D eigenvalue weighted by Gasteiger charge is 2.42. The summed E-state index contributed by atoms with van der Waals surface area (Å²) in [6.45, 7) is 2.51. The van der Waals surface area contributed by atoms with Crippen LogP contribution in [0.25, 0.3) is 10.4 Å². The number of hydrogen-bond donors (Lipinski definition) is 3. The van der Waals surface area contributed by atoms with Crippen molar-refractivity contribution >= 4 is 23.7 Å². The molecule has 0 radical (unpaired) electrons. The second-order valence-corrected chi connectivity index (χ2v) is 7.67. The molecule has 2 aliphatic heterocycles. The number of unbranched alkanes of at least 4 members (excludes halogenated alkanes) is 1. The summed E-state index contributed by atoms with van der Waals surface area (Å²) in [5.41, 5.74) is 8.10. The Morgan fingerprint density at radius 2 is 2.07 bits per heavy atom. The molecule has 27 heavy (non-hydrogen) atoms. The number of hydrogen-bond acceptors (Lipinski definition) is 6. The fourth-order valence-electron chi connectivity index (χ4n) is 3.10. The van der Waals surface area contributed by atoms with Gasteiger partial charge in [-0.25, -0.2) is 4.79 Å². The van der Waals surface area contributed by atoms with Crippen molar-refractivity contribution in [2.24, 2.45) is 5.11 Å². The Kier molecular flexibility index (Phi) is 10.1. The summed E-state index contributed by atoms with van der Waals surface area (Å²) < 4.78 is 10.5. The second kappa shape index (κ2) is 12.7. The highest BCUT2D eigenvalue weighted by Crippen LogP contribution is 2.33. The molecule has 11 heteroatoms. The van der Waals surface area contributed by atoms with E-state index < -0.39 is 0 Å².